The van der Waals surface area contributed by atoms with Crippen molar-refractivity contribution in [2.45, 2.75) is 45.8 Å². The highest BCUT2D eigenvalue weighted by molar-refractivity contribution is 7.13. The van der Waals surface area contributed by atoms with Gasteiger partial charge in [-0.2, -0.15) is 0 Å². The Kier molecular flexibility index (Phi) is 5.60. The van der Waals surface area contributed by atoms with Crippen molar-refractivity contribution in [2.24, 2.45) is 0 Å². The molecule has 0 radical (unpaired) electrons. The van der Waals surface area contributed by atoms with Crippen LogP contribution < -0.4 is 10.2 Å². The minimum atomic E-state index is 0.330. The van der Waals surface area contributed by atoms with Gasteiger partial charge in [0.05, 0.1) is 11.8 Å². The quantitative estimate of drug-likeness (QED) is 0.835. The maximum absolute atomic E-state index is 5.72. The SMILES string of the molecule is CCNC(C)c1csc(N(CC)CC2CCCO2)n1. The molecule has 0 aromatic carbocycles. The first kappa shape index (κ1) is 14.8. The molecule has 1 aromatic rings. The molecule has 5 heteroatoms. The van der Waals surface area contributed by atoms with E-state index < -0.39 is 0 Å². The van der Waals surface area contributed by atoms with E-state index in [-0.39, 0.29) is 0 Å². The van der Waals surface area contributed by atoms with Crippen LogP contribution in [0.2, 0.25) is 0 Å². The topological polar surface area (TPSA) is 37.4 Å². The predicted molar refractivity (Wildman–Crippen MR) is 81.1 cm³/mol. The van der Waals surface area contributed by atoms with Gasteiger partial charge in [-0.15, -0.1) is 11.3 Å². The summed E-state index contributed by atoms with van der Waals surface area (Å²) >= 11 is 1.74. The van der Waals surface area contributed by atoms with Crippen LogP contribution in [-0.2, 0) is 4.74 Å². The van der Waals surface area contributed by atoms with Crippen LogP contribution in [-0.4, -0.2) is 37.3 Å². The van der Waals surface area contributed by atoms with Crippen molar-refractivity contribution in [1.29, 1.82) is 0 Å². The number of thiazole rings is 1. The molecular weight excluding hydrogens is 258 g/mol. The molecule has 0 bridgehead atoms. The van der Waals surface area contributed by atoms with Crippen LogP contribution in [0, 0.1) is 0 Å². The second-order valence-corrected chi connectivity index (χ2v) is 5.84. The van der Waals surface area contributed by atoms with Gasteiger partial charge in [0, 0.05) is 31.1 Å². The molecule has 1 N–H and O–H groups in total. The fourth-order valence-corrected chi connectivity index (χ4v) is 3.40. The van der Waals surface area contributed by atoms with Gasteiger partial charge in [0.15, 0.2) is 5.13 Å². The molecule has 1 aliphatic rings. The number of rotatable bonds is 7. The molecule has 2 heterocycles. The second kappa shape index (κ2) is 7.22. The Balaban J connectivity index is 1.97. The van der Waals surface area contributed by atoms with Crippen LogP contribution in [0.5, 0.6) is 0 Å². The molecule has 19 heavy (non-hydrogen) atoms. The maximum atomic E-state index is 5.72. The van der Waals surface area contributed by atoms with E-state index in [1.54, 1.807) is 11.3 Å². The molecule has 2 atom stereocenters. The van der Waals surface area contributed by atoms with Gasteiger partial charge in [-0.1, -0.05) is 6.92 Å². The predicted octanol–water partition coefficient (Wildman–Crippen LogP) is 2.82. The summed E-state index contributed by atoms with van der Waals surface area (Å²) in [5.74, 6) is 0. The van der Waals surface area contributed by atoms with Gasteiger partial charge >= 0.3 is 0 Å². The summed E-state index contributed by atoms with van der Waals surface area (Å²) in [4.78, 5) is 7.10. The average Bonchev–Trinajstić information content (AvgIpc) is 3.07. The van der Waals surface area contributed by atoms with Crippen LogP contribution in [0.15, 0.2) is 5.38 Å². The Labute approximate surface area is 120 Å². The first-order valence-electron chi connectivity index (χ1n) is 7.30. The van der Waals surface area contributed by atoms with Gasteiger partial charge < -0.3 is 15.0 Å². The highest BCUT2D eigenvalue weighted by atomic mass is 32.1. The zero-order valence-corrected chi connectivity index (χ0v) is 13.0. The smallest absolute Gasteiger partial charge is 0.185 e. The Hall–Kier alpha value is -0.650. The van der Waals surface area contributed by atoms with E-state index >= 15 is 0 Å². The highest BCUT2D eigenvalue weighted by Crippen LogP contribution is 2.25. The van der Waals surface area contributed by atoms with E-state index in [0.29, 0.717) is 12.1 Å². The van der Waals surface area contributed by atoms with Crippen molar-refractivity contribution < 1.29 is 4.74 Å². The lowest BCUT2D eigenvalue weighted by atomic mass is 10.2. The summed E-state index contributed by atoms with van der Waals surface area (Å²) < 4.78 is 5.72. The zero-order chi connectivity index (χ0) is 13.7. The van der Waals surface area contributed by atoms with Gasteiger partial charge in [-0.3, -0.25) is 0 Å². The lowest BCUT2D eigenvalue weighted by Gasteiger charge is -2.23. The first-order chi connectivity index (χ1) is 9.24. The number of anilines is 1. The van der Waals surface area contributed by atoms with Crippen LogP contribution in [0.25, 0.3) is 0 Å². The van der Waals surface area contributed by atoms with Crippen molar-refractivity contribution >= 4 is 16.5 Å². The largest absolute Gasteiger partial charge is 0.376 e. The molecule has 2 unspecified atom stereocenters. The van der Waals surface area contributed by atoms with E-state index in [1.165, 1.54) is 12.8 Å². The minimum absolute atomic E-state index is 0.330. The number of aromatic nitrogens is 1. The third-order valence-electron chi connectivity index (χ3n) is 3.56. The Morgan fingerprint density at radius 1 is 1.58 bits per heavy atom. The Morgan fingerprint density at radius 3 is 3.05 bits per heavy atom. The summed E-state index contributed by atoms with van der Waals surface area (Å²) in [6.45, 7) is 10.3. The van der Waals surface area contributed by atoms with E-state index in [2.05, 4.69) is 36.4 Å². The van der Waals surface area contributed by atoms with Gasteiger partial charge in [-0.25, -0.2) is 4.98 Å². The van der Waals surface area contributed by atoms with Gasteiger partial charge in [-0.05, 0) is 33.2 Å². The fourth-order valence-electron chi connectivity index (χ4n) is 2.41. The third-order valence-corrected chi connectivity index (χ3v) is 4.48. The summed E-state index contributed by atoms with van der Waals surface area (Å²) in [6.07, 6.45) is 2.77. The second-order valence-electron chi connectivity index (χ2n) is 5.01. The summed E-state index contributed by atoms with van der Waals surface area (Å²) in [7, 11) is 0. The molecule has 0 aliphatic carbocycles. The van der Waals surface area contributed by atoms with Crippen LogP contribution in [0.4, 0.5) is 5.13 Å². The Morgan fingerprint density at radius 2 is 2.42 bits per heavy atom. The molecule has 0 spiro atoms. The van der Waals surface area contributed by atoms with Crippen molar-refractivity contribution in [3.63, 3.8) is 0 Å². The third kappa shape index (κ3) is 3.91. The van der Waals surface area contributed by atoms with E-state index in [4.69, 9.17) is 9.72 Å². The average molecular weight is 283 g/mol. The van der Waals surface area contributed by atoms with E-state index in [0.717, 1.165) is 37.1 Å². The van der Waals surface area contributed by atoms with Gasteiger partial charge in [0.2, 0.25) is 0 Å². The fraction of sp³-hybridized carbons (Fsp3) is 0.786. The number of nitrogens with one attached hydrogen (secondary N) is 1. The van der Waals surface area contributed by atoms with Gasteiger partial charge in [0.25, 0.3) is 0 Å². The minimum Gasteiger partial charge on any atom is -0.376 e. The summed E-state index contributed by atoms with van der Waals surface area (Å²) in [5, 5.41) is 6.70. The molecule has 0 amide bonds. The number of ether oxygens (including phenoxy) is 1. The van der Waals surface area contributed by atoms with E-state index in [1.807, 2.05) is 0 Å². The molecule has 2 rings (SSSR count). The van der Waals surface area contributed by atoms with Crippen LogP contribution >= 0.6 is 11.3 Å². The van der Waals surface area contributed by atoms with Gasteiger partial charge in [0.1, 0.15) is 0 Å². The van der Waals surface area contributed by atoms with Crippen molar-refractivity contribution in [1.82, 2.24) is 10.3 Å². The molecule has 1 saturated heterocycles. The number of nitrogens with zero attached hydrogens (tertiary/aromatic N) is 2. The molecule has 0 saturated carbocycles. The lowest BCUT2D eigenvalue weighted by molar-refractivity contribution is 0.115. The van der Waals surface area contributed by atoms with Crippen LogP contribution in [0.3, 0.4) is 0 Å². The van der Waals surface area contributed by atoms with Crippen LogP contribution in [0.1, 0.15) is 45.3 Å². The summed E-state index contributed by atoms with van der Waals surface area (Å²) in [6, 6.07) is 0.330. The highest BCUT2D eigenvalue weighted by Gasteiger charge is 2.20. The number of likely N-dealkylation sites (N-methyl/N-ethyl adjacent to an activating group) is 1. The lowest BCUT2D eigenvalue weighted by Crippen LogP contribution is -2.32. The van der Waals surface area contributed by atoms with Crippen molar-refractivity contribution in [3.8, 4) is 0 Å². The molecular formula is C14H25N3OS. The Bertz CT molecular complexity index is 377. The monoisotopic (exact) mass is 283 g/mol. The normalized spacial score (nSPS) is 20.7. The van der Waals surface area contributed by atoms with Crippen molar-refractivity contribution in [3.05, 3.63) is 11.1 Å². The standard InChI is InChI=1S/C14H25N3OS/c1-4-15-11(3)13-10-19-14(16-13)17(5-2)9-12-7-6-8-18-12/h10-12,15H,4-9H2,1-3H3. The van der Waals surface area contributed by atoms with Crippen molar-refractivity contribution in [2.75, 3.05) is 31.1 Å². The summed E-state index contributed by atoms with van der Waals surface area (Å²) in [5.41, 5.74) is 1.15. The molecule has 4 nitrogen and oxygen atoms in total. The maximum Gasteiger partial charge on any atom is 0.185 e. The molecule has 1 fully saturated rings. The molecule has 108 valence electrons. The molecule has 1 aromatic heterocycles. The number of hydrogen-bond acceptors (Lipinski definition) is 5. The molecule has 1 aliphatic heterocycles. The zero-order valence-electron chi connectivity index (χ0n) is 12.2. The van der Waals surface area contributed by atoms with E-state index in [9.17, 15) is 0 Å². The first-order valence-corrected chi connectivity index (χ1v) is 8.17. The number of hydrogen-bond donors (Lipinski definition) is 1.